The summed E-state index contributed by atoms with van der Waals surface area (Å²) in [6, 6.07) is 4.68. The fourth-order valence-corrected chi connectivity index (χ4v) is 2.40. The monoisotopic (exact) mass is 232 g/mol. The van der Waals surface area contributed by atoms with Gasteiger partial charge in [0.1, 0.15) is 11.8 Å². The van der Waals surface area contributed by atoms with Crippen LogP contribution in [0.15, 0.2) is 18.2 Å². The molecule has 0 saturated carbocycles. The first-order valence-corrected chi connectivity index (χ1v) is 5.44. The zero-order chi connectivity index (χ0) is 12.0. The number of rotatable bonds is 1. The van der Waals surface area contributed by atoms with Crippen LogP contribution >= 0.6 is 0 Å². The zero-order valence-electron chi connectivity index (χ0n) is 9.03. The normalized spacial score (nSPS) is 19.2. The third-order valence-corrected chi connectivity index (χ3v) is 3.23. The van der Waals surface area contributed by atoms with Crippen LogP contribution in [0.2, 0.25) is 0 Å². The molecule has 0 amide bonds. The molecule has 0 fully saturated rings. The summed E-state index contributed by atoms with van der Waals surface area (Å²) in [5.74, 6) is -0.661. The van der Waals surface area contributed by atoms with Crippen LogP contribution in [0.4, 0.5) is 0 Å². The Hall–Kier alpha value is -2.01. The first-order chi connectivity index (χ1) is 8.16. The molecule has 1 aromatic heterocycles. The van der Waals surface area contributed by atoms with Crippen molar-refractivity contribution in [1.29, 1.82) is 0 Å². The molecule has 0 aliphatic carbocycles. The summed E-state index contributed by atoms with van der Waals surface area (Å²) in [6.07, 6.45) is 0.391. The van der Waals surface area contributed by atoms with E-state index in [1.807, 2.05) is 6.07 Å². The highest BCUT2D eigenvalue weighted by molar-refractivity contribution is 5.91. The molecule has 5 heteroatoms. The van der Waals surface area contributed by atoms with Gasteiger partial charge in [-0.25, -0.2) is 0 Å². The molecule has 2 aromatic rings. The number of aromatic amines is 1. The quantitative estimate of drug-likeness (QED) is 0.590. The number of carboxylic acid groups (broad SMARTS) is 1. The smallest absolute Gasteiger partial charge is 0.321 e. The van der Waals surface area contributed by atoms with Crippen LogP contribution in [-0.4, -0.2) is 27.2 Å². The van der Waals surface area contributed by atoms with Crippen molar-refractivity contribution >= 4 is 16.9 Å². The second-order valence-corrected chi connectivity index (χ2v) is 4.26. The van der Waals surface area contributed by atoms with Crippen molar-refractivity contribution in [2.75, 3.05) is 0 Å². The van der Waals surface area contributed by atoms with Crippen LogP contribution in [-0.2, 0) is 17.8 Å². The Balaban J connectivity index is 2.17. The molecular formula is C12H12N2O3. The second-order valence-electron chi connectivity index (χ2n) is 4.26. The van der Waals surface area contributed by atoms with Gasteiger partial charge in [0.25, 0.3) is 0 Å². The number of aromatic hydroxyl groups is 1. The molecule has 2 heterocycles. The lowest BCUT2D eigenvalue weighted by Crippen LogP contribution is -2.41. The number of aromatic nitrogens is 1. The number of nitrogens with one attached hydrogen (secondary N) is 2. The van der Waals surface area contributed by atoms with Crippen LogP contribution in [0.3, 0.4) is 0 Å². The summed E-state index contributed by atoms with van der Waals surface area (Å²) in [5.41, 5.74) is 2.71. The first kappa shape index (κ1) is 10.2. The number of phenolic OH excluding ortho intramolecular Hbond substituents is 1. The average Bonchev–Trinajstić information content (AvgIpc) is 2.67. The Morgan fingerprint density at radius 3 is 3.00 bits per heavy atom. The van der Waals surface area contributed by atoms with E-state index in [1.54, 1.807) is 12.1 Å². The maximum absolute atomic E-state index is 11.0. The largest absolute Gasteiger partial charge is 0.507 e. The predicted octanol–water partition coefficient (Wildman–Crippen LogP) is 0.972. The van der Waals surface area contributed by atoms with Gasteiger partial charge >= 0.3 is 5.97 Å². The summed E-state index contributed by atoms with van der Waals surface area (Å²) in [7, 11) is 0. The average molecular weight is 232 g/mol. The van der Waals surface area contributed by atoms with Gasteiger partial charge in [0.2, 0.25) is 0 Å². The molecule has 88 valence electrons. The van der Waals surface area contributed by atoms with Gasteiger partial charge < -0.3 is 15.2 Å². The van der Waals surface area contributed by atoms with Gasteiger partial charge in [0, 0.05) is 29.6 Å². The lowest BCUT2D eigenvalue weighted by Gasteiger charge is -2.20. The maximum Gasteiger partial charge on any atom is 0.321 e. The van der Waals surface area contributed by atoms with Crippen LogP contribution in [0.1, 0.15) is 11.3 Å². The van der Waals surface area contributed by atoms with Crippen molar-refractivity contribution < 1.29 is 15.0 Å². The number of fused-ring (bicyclic) bond motifs is 3. The van der Waals surface area contributed by atoms with E-state index in [0.717, 1.165) is 22.2 Å². The van der Waals surface area contributed by atoms with Crippen molar-refractivity contribution in [1.82, 2.24) is 10.3 Å². The summed E-state index contributed by atoms with van der Waals surface area (Å²) >= 11 is 0. The molecule has 5 nitrogen and oxygen atoms in total. The van der Waals surface area contributed by atoms with Crippen LogP contribution in [0.5, 0.6) is 5.75 Å². The number of hydrogen-bond donors (Lipinski definition) is 4. The highest BCUT2D eigenvalue weighted by atomic mass is 16.4. The standard InChI is InChI=1S/C12H12N2O3/c15-10-3-1-2-7-11(10)6-4-8(12(16)17)13-5-9(6)14-7/h1-3,8,13-15H,4-5H2,(H,16,17). The van der Waals surface area contributed by atoms with Crippen LogP contribution < -0.4 is 5.32 Å². The number of benzene rings is 1. The highest BCUT2D eigenvalue weighted by Crippen LogP contribution is 2.32. The summed E-state index contributed by atoms with van der Waals surface area (Å²) in [5, 5.41) is 22.5. The van der Waals surface area contributed by atoms with Crippen molar-refractivity contribution in [3.63, 3.8) is 0 Å². The molecule has 1 aliphatic heterocycles. The van der Waals surface area contributed by atoms with Gasteiger partial charge in [-0.1, -0.05) is 6.07 Å². The Morgan fingerprint density at radius 1 is 1.41 bits per heavy atom. The van der Waals surface area contributed by atoms with Gasteiger partial charge in [0.05, 0.1) is 0 Å². The van der Waals surface area contributed by atoms with E-state index in [9.17, 15) is 9.90 Å². The number of H-pyrrole nitrogens is 1. The fraction of sp³-hybridized carbons (Fsp3) is 0.250. The molecule has 17 heavy (non-hydrogen) atoms. The summed E-state index contributed by atoms with van der Waals surface area (Å²) in [6.45, 7) is 0.487. The van der Waals surface area contributed by atoms with Gasteiger partial charge in [-0.15, -0.1) is 0 Å². The second kappa shape index (κ2) is 3.49. The molecule has 1 aliphatic rings. The SMILES string of the molecule is O=C(O)C1Cc2c([nH]c3cccc(O)c23)CN1. The Morgan fingerprint density at radius 2 is 2.24 bits per heavy atom. The lowest BCUT2D eigenvalue weighted by atomic mass is 9.98. The number of aliphatic carboxylic acids is 1. The van der Waals surface area contributed by atoms with Crippen LogP contribution in [0.25, 0.3) is 10.9 Å². The lowest BCUT2D eigenvalue weighted by molar-refractivity contribution is -0.139. The van der Waals surface area contributed by atoms with E-state index < -0.39 is 12.0 Å². The van der Waals surface area contributed by atoms with Gasteiger partial charge in [-0.05, 0) is 17.7 Å². The van der Waals surface area contributed by atoms with Gasteiger partial charge in [-0.2, -0.15) is 0 Å². The van der Waals surface area contributed by atoms with Crippen molar-refractivity contribution in [2.45, 2.75) is 19.0 Å². The van der Waals surface area contributed by atoms with Crippen molar-refractivity contribution in [2.24, 2.45) is 0 Å². The molecule has 1 unspecified atom stereocenters. The Bertz CT molecular complexity index is 603. The maximum atomic E-state index is 11.0. The van der Waals surface area contributed by atoms with E-state index in [1.165, 1.54) is 0 Å². The molecule has 0 saturated heterocycles. The molecule has 4 N–H and O–H groups in total. The first-order valence-electron chi connectivity index (χ1n) is 5.44. The summed E-state index contributed by atoms with van der Waals surface area (Å²) in [4.78, 5) is 14.2. The van der Waals surface area contributed by atoms with E-state index in [0.29, 0.717) is 13.0 Å². The van der Waals surface area contributed by atoms with E-state index in [-0.39, 0.29) is 5.75 Å². The van der Waals surface area contributed by atoms with Crippen LogP contribution in [0, 0.1) is 0 Å². The van der Waals surface area contributed by atoms with E-state index in [2.05, 4.69) is 10.3 Å². The van der Waals surface area contributed by atoms with Gasteiger partial charge in [-0.3, -0.25) is 10.1 Å². The number of phenols is 1. The van der Waals surface area contributed by atoms with E-state index >= 15 is 0 Å². The third kappa shape index (κ3) is 1.47. The summed E-state index contributed by atoms with van der Waals surface area (Å²) < 4.78 is 0. The van der Waals surface area contributed by atoms with E-state index in [4.69, 9.17) is 5.11 Å². The number of hydrogen-bond acceptors (Lipinski definition) is 3. The number of carbonyl (C=O) groups is 1. The minimum atomic E-state index is -0.861. The predicted molar refractivity (Wildman–Crippen MR) is 61.9 cm³/mol. The molecule has 0 bridgehead atoms. The number of carboxylic acids is 1. The molecular weight excluding hydrogens is 220 g/mol. The molecule has 3 rings (SSSR count). The Labute approximate surface area is 97.1 Å². The third-order valence-electron chi connectivity index (χ3n) is 3.23. The highest BCUT2D eigenvalue weighted by Gasteiger charge is 2.27. The topological polar surface area (TPSA) is 85.3 Å². The molecule has 0 spiro atoms. The molecule has 0 radical (unpaired) electrons. The zero-order valence-corrected chi connectivity index (χ0v) is 9.03. The molecule has 1 aromatic carbocycles. The minimum absolute atomic E-state index is 0.200. The van der Waals surface area contributed by atoms with Gasteiger partial charge in [0.15, 0.2) is 0 Å². The fourth-order valence-electron chi connectivity index (χ4n) is 2.40. The minimum Gasteiger partial charge on any atom is -0.507 e. The van der Waals surface area contributed by atoms with Crippen molar-refractivity contribution in [3.05, 3.63) is 29.5 Å². The van der Waals surface area contributed by atoms with Crippen molar-refractivity contribution in [3.8, 4) is 5.75 Å². The molecule has 1 atom stereocenters. The Kier molecular flexibility index (Phi) is 2.09.